The number of ketones is 1. The van der Waals surface area contributed by atoms with E-state index in [0.717, 1.165) is 24.9 Å². The summed E-state index contributed by atoms with van der Waals surface area (Å²) in [6.45, 7) is 9.39. The van der Waals surface area contributed by atoms with E-state index in [-0.39, 0.29) is 5.78 Å². The predicted octanol–water partition coefficient (Wildman–Crippen LogP) is 3.86. The first-order chi connectivity index (χ1) is 11.6. The fraction of sp³-hybridized carbons (Fsp3) is 0.200. The maximum atomic E-state index is 12.5. The molecule has 4 heteroatoms. The molecule has 4 nitrogen and oxygen atoms in total. The van der Waals surface area contributed by atoms with Gasteiger partial charge in [-0.25, -0.2) is 4.79 Å². The van der Waals surface area contributed by atoms with Crippen LogP contribution >= 0.6 is 0 Å². The van der Waals surface area contributed by atoms with Crippen molar-refractivity contribution in [3.05, 3.63) is 72.3 Å². The Kier molecular flexibility index (Phi) is 5.90. The first-order valence-electron chi connectivity index (χ1n) is 7.93. The first kappa shape index (κ1) is 17.5. The molecule has 0 unspecified atom stereocenters. The molecular weight excluding hydrogens is 302 g/mol. The van der Waals surface area contributed by atoms with E-state index in [2.05, 4.69) is 25.3 Å². The Morgan fingerprint density at radius 3 is 1.92 bits per heavy atom. The van der Waals surface area contributed by atoms with Crippen LogP contribution in [0, 0.1) is 0 Å². The normalized spacial score (nSPS) is 10.1. The summed E-state index contributed by atoms with van der Waals surface area (Å²) in [5.74, 6) is -0.211. The molecule has 0 radical (unpaired) electrons. The average Bonchev–Trinajstić information content (AvgIpc) is 2.63. The minimum absolute atomic E-state index is 0.0669. The van der Waals surface area contributed by atoms with Gasteiger partial charge in [0.15, 0.2) is 5.78 Å². The number of benzene rings is 2. The van der Waals surface area contributed by atoms with E-state index < -0.39 is 5.97 Å². The molecule has 0 bridgehead atoms. The van der Waals surface area contributed by atoms with Crippen molar-refractivity contribution < 1.29 is 14.3 Å². The third kappa shape index (κ3) is 4.10. The minimum atomic E-state index is -0.527. The van der Waals surface area contributed by atoms with E-state index in [1.165, 1.54) is 0 Å². The summed E-state index contributed by atoms with van der Waals surface area (Å²) < 4.78 is 5.00. The van der Waals surface area contributed by atoms with Crippen LogP contribution in [0.5, 0.6) is 5.75 Å². The smallest absolute Gasteiger partial charge is 0.335 e. The molecule has 0 aliphatic carbocycles. The Bertz CT molecular complexity index is 714. The molecule has 2 aromatic rings. The lowest BCUT2D eigenvalue weighted by Crippen LogP contribution is -2.21. The van der Waals surface area contributed by atoms with Crippen LogP contribution in [0.4, 0.5) is 5.69 Å². The number of esters is 1. The molecule has 0 saturated carbocycles. The number of rotatable bonds is 7. The monoisotopic (exact) mass is 323 g/mol. The van der Waals surface area contributed by atoms with Crippen molar-refractivity contribution in [2.45, 2.75) is 13.8 Å². The van der Waals surface area contributed by atoms with Crippen LogP contribution in [0.3, 0.4) is 0 Å². The predicted molar refractivity (Wildman–Crippen MR) is 95.7 cm³/mol. The molecule has 0 atom stereocenters. The van der Waals surface area contributed by atoms with Gasteiger partial charge in [-0.05, 0) is 62.4 Å². The van der Waals surface area contributed by atoms with Gasteiger partial charge in [-0.1, -0.05) is 6.58 Å². The highest BCUT2D eigenvalue weighted by molar-refractivity contribution is 6.09. The van der Waals surface area contributed by atoms with Crippen LogP contribution in [0.25, 0.3) is 0 Å². The molecule has 2 aromatic carbocycles. The lowest BCUT2D eigenvalue weighted by Gasteiger charge is -2.21. The minimum Gasteiger partial charge on any atom is -0.423 e. The van der Waals surface area contributed by atoms with Crippen molar-refractivity contribution >= 4 is 17.4 Å². The number of hydrogen-bond acceptors (Lipinski definition) is 4. The second kappa shape index (κ2) is 8.11. The third-order valence-electron chi connectivity index (χ3n) is 3.76. The quantitative estimate of drug-likeness (QED) is 0.336. The maximum Gasteiger partial charge on any atom is 0.335 e. The van der Waals surface area contributed by atoms with Gasteiger partial charge < -0.3 is 9.64 Å². The standard InChI is InChI=1S/C20H21NO3/c1-4-19(22)24-18-13-9-16(10-14-18)20(23)15-7-11-17(12-8-15)21(5-2)6-3/h4,7-14H,1,5-6H2,2-3H3. The van der Waals surface area contributed by atoms with E-state index in [0.29, 0.717) is 16.9 Å². The molecule has 0 heterocycles. The molecule has 0 N–H and O–H groups in total. The average molecular weight is 323 g/mol. The molecule has 0 spiro atoms. The van der Waals surface area contributed by atoms with E-state index in [9.17, 15) is 9.59 Å². The fourth-order valence-electron chi connectivity index (χ4n) is 2.41. The summed E-state index contributed by atoms with van der Waals surface area (Å²) in [6, 6.07) is 14.1. The summed E-state index contributed by atoms with van der Waals surface area (Å²) in [5.41, 5.74) is 2.27. The van der Waals surface area contributed by atoms with Gasteiger partial charge in [0.2, 0.25) is 0 Å². The molecule has 24 heavy (non-hydrogen) atoms. The molecule has 0 saturated heterocycles. The molecular formula is C20H21NO3. The van der Waals surface area contributed by atoms with Crippen molar-refractivity contribution in [3.63, 3.8) is 0 Å². The van der Waals surface area contributed by atoms with Gasteiger partial charge in [0, 0.05) is 36.0 Å². The van der Waals surface area contributed by atoms with Crippen LogP contribution < -0.4 is 9.64 Å². The van der Waals surface area contributed by atoms with Crippen molar-refractivity contribution in [1.29, 1.82) is 0 Å². The summed E-state index contributed by atoms with van der Waals surface area (Å²) in [7, 11) is 0. The number of carbonyl (C=O) groups excluding carboxylic acids is 2. The number of nitrogens with zero attached hydrogens (tertiary/aromatic N) is 1. The number of ether oxygens (including phenoxy) is 1. The Labute approximate surface area is 142 Å². The molecule has 0 aliphatic rings. The Morgan fingerprint density at radius 2 is 1.46 bits per heavy atom. The maximum absolute atomic E-state index is 12.5. The topological polar surface area (TPSA) is 46.6 Å². The molecule has 2 rings (SSSR count). The van der Waals surface area contributed by atoms with Crippen molar-refractivity contribution in [2.24, 2.45) is 0 Å². The highest BCUT2D eigenvalue weighted by atomic mass is 16.5. The zero-order valence-corrected chi connectivity index (χ0v) is 14.0. The highest BCUT2D eigenvalue weighted by Crippen LogP contribution is 2.19. The van der Waals surface area contributed by atoms with Gasteiger partial charge in [0.25, 0.3) is 0 Å². The van der Waals surface area contributed by atoms with Crippen molar-refractivity contribution in [2.75, 3.05) is 18.0 Å². The van der Waals surface area contributed by atoms with Gasteiger partial charge in [-0.15, -0.1) is 0 Å². The molecule has 0 aliphatic heterocycles. The van der Waals surface area contributed by atoms with E-state index in [1.807, 2.05) is 24.3 Å². The van der Waals surface area contributed by atoms with Gasteiger partial charge in [-0.2, -0.15) is 0 Å². The van der Waals surface area contributed by atoms with Gasteiger partial charge in [0.1, 0.15) is 5.75 Å². The lowest BCUT2D eigenvalue weighted by molar-refractivity contribution is -0.128. The van der Waals surface area contributed by atoms with Crippen LogP contribution in [0.1, 0.15) is 29.8 Å². The van der Waals surface area contributed by atoms with Crippen molar-refractivity contribution in [3.8, 4) is 5.75 Å². The van der Waals surface area contributed by atoms with E-state index >= 15 is 0 Å². The summed E-state index contributed by atoms with van der Waals surface area (Å²) in [6.07, 6.45) is 1.09. The van der Waals surface area contributed by atoms with Gasteiger partial charge in [0.05, 0.1) is 0 Å². The number of anilines is 1. The largest absolute Gasteiger partial charge is 0.423 e. The summed E-state index contributed by atoms with van der Waals surface area (Å²) >= 11 is 0. The van der Waals surface area contributed by atoms with E-state index in [1.54, 1.807) is 24.3 Å². The zero-order chi connectivity index (χ0) is 17.5. The second-order valence-electron chi connectivity index (χ2n) is 5.20. The fourth-order valence-corrected chi connectivity index (χ4v) is 2.41. The van der Waals surface area contributed by atoms with E-state index in [4.69, 9.17) is 4.74 Å². The Hall–Kier alpha value is -2.88. The Morgan fingerprint density at radius 1 is 0.958 bits per heavy atom. The SMILES string of the molecule is C=CC(=O)Oc1ccc(C(=O)c2ccc(N(CC)CC)cc2)cc1. The number of carbonyl (C=O) groups is 2. The zero-order valence-electron chi connectivity index (χ0n) is 14.0. The molecule has 0 fully saturated rings. The van der Waals surface area contributed by atoms with Crippen LogP contribution in [0.15, 0.2) is 61.2 Å². The molecule has 124 valence electrons. The number of hydrogen-bond donors (Lipinski definition) is 0. The van der Waals surface area contributed by atoms with Crippen LogP contribution in [-0.2, 0) is 4.79 Å². The first-order valence-corrected chi connectivity index (χ1v) is 7.93. The van der Waals surface area contributed by atoms with Crippen LogP contribution in [0.2, 0.25) is 0 Å². The molecule has 0 aromatic heterocycles. The van der Waals surface area contributed by atoms with Gasteiger partial charge >= 0.3 is 5.97 Å². The molecule has 0 amide bonds. The summed E-state index contributed by atoms with van der Waals surface area (Å²) in [5, 5.41) is 0. The Balaban J connectivity index is 2.13. The third-order valence-corrected chi connectivity index (χ3v) is 3.76. The lowest BCUT2D eigenvalue weighted by atomic mass is 10.0. The summed E-state index contributed by atoms with van der Waals surface area (Å²) in [4.78, 5) is 25.9. The van der Waals surface area contributed by atoms with Crippen molar-refractivity contribution in [1.82, 2.24) is 0 Å². The second-order valence-corrected chi connectivity index (χ2v) is 5.20. The van der Waals surface area contributed by atoms with Crippen LogP contribution in [-0.4, -0.2) is 24.8 Å². The highest BCUT2D eigenvalue weighted by Gasteiger charge is 2.10. The van der Waals surface area contributed by atoms with Gasteiger partial charge in [-0.3, -0.25) is 4.79 Å².